The molecule has 84 valence electrons. The minimum Gasteiger partial charge on any atom is -0.330 e. The summed E-state index contributed by atoms with van der Waals surface area (Å²) >= 11 is 0. The second kappa shape index (κ2) is 7.98. The third kappa shape index (κ3) is 4.75. The van der Waals surface area contributed by atoms with Crippen LogP contribution in [0.1, 0.15) is 52.9 Å². The number of ketones is 1. The number of carbonyl (C=O) groups excluding carboxylic acids is 1. The smallest absolute Gasteiger partial charge is 0.137 e. The quantitative estimate of drug-likeness (QED) is 0.653. The van der Waals surface area contributed by atoms with E-state index in [-0.39, 0.29) is 5.92 Å². The van der Waals surface area contributed by atoms with E-state index >= 15 is 0 Å². The normalized spacial score (nSPS) is 13.2. The van der Waals surface area contributed by atoms with Crippen LogP contribution in [0.25, 0.3) is 0 Å². The highest BCUT2D eigenvalue weighted by Gasteiger charge is 2.18. The molecule has 0 aliphatic heterocycles. The van der Waals surface area contributed by atoms with Gasteiger partial charge in [-0.15, -0.1) is 0 Å². The molecule has 0 radical (unpaired) electrons. The zero-order valence-corrected chi connectivity index (χ0v) is 9.88. The molecule has 2 heteroatoms. The van der Waals surface area contributed by atoms with Crippen molar-refractivity contribution in [2.24, 2.45) is 17.6 Å². The molecule has 1 unspecified atom stereocenters. The number of nitrogens with two attached hydrogens (primary N) is 1. The predicted octanol–water partition coefficient (Wildman–Crippen LogP) is 2.76. The van der Waals surface area contributed by atoms with Crippen LogP contribution in [0.2, 0.25) is 0 Å². The van der Waals surface area contributed by atoms with E-state index in [1.54, 1.807) is 0 Å². The molecule has 0 saturated carbocycles. The molecule has 2 N–H and O–H groups in total. The van der Waals surface area contributed by atoms with Crippen LogP contribution in [0.15, 0.2) is 0 Å². The molecule has 0 aromatic rings. The molecule has 0 heterocycles. The van der Waals surface area contributed by atoms with Crippen LogP contribution in [0.4, 0.5) is 0 Å². The van der Waals surface area contributed by atoms with Crippen LogP contribution in [0, 0.1) is 11.8 Å². The van der Waals surface area contributed by atoms with Crippen LogP contribution < -0.4 is 5.73 Å². The van der Waals surface area contributed by atoms with E-state index in [1.807, 2.05) is 0 Å². The molecule has 1 atom stereocenters. The Balaban J connectivity index is 4.01. The second-order valence-electron chi connectivity index (χ2n) is 4.07. The molecular formula is C12H25NO. The first-order chi connectivity index (χ1) is 6.69. The summed E-state index contributed by atoms with van der Waals surface area (Å²) in [5.41, 5.74) is 5.60. The summed E-state index contributed by atoms with van der Waals surface area (Å²) in [7, 11) is 0. The second-order valence-corrected chi connectivity index (χ2v) is 4.07. The number of hydrogen-bond acceptors (Lipinski definition) is 2. The van der Waals surface area contributed by atoms with Crippen LogP contribution in [-0.2, 0) is 4.79 Å². The fraction of sp³-hybridized carbons (Fsp3) is 0.917. The fourth-order valence-corrected chi connectivity index (χ4v) is 1.79. The Labute approximate surface area is 88.3 Å². The SMILES string of the molecule is CCCC(CN)C(=O)CC(CC)CC. The van der Waals surface area contributed by atoms with E-state index in [0.717, 1.165) is 32.1 Å². The molecule has 0 amide bonds. The Morgan fingerprint density at radius 2 is 1.79 bits per heavy atom. The first-order valence-corrected chi connectivity index (χ1v) is 5.92. The van der Waals surface area contributed by atoms with Crippen molar-refractivity contribution >= 4 is 5.78 Å². The Bertz CT molecular complexity index is 152. The Morgan fingerprint density at radius 3 is 2.14 bits per heavy atom. The van der Waals surface area contributed by atoms with Crippen LogP contribution >= 0.6 is 0 Å². The van der Waals surface area contributed by atoms with E-state index in [0.29, 0.717) is 18.2 Å². The minimum atomic E-state index is 0.112. The number of hydrogen-bond donors (Lipinski definition) is 1. The maximum Gasteiger partial charge on any atom is 0.137 e. The van der Waals surface area contributed by atoms with Gasteiger partial charge in [0, 0.05) is 18.9 Å². The third-order valence-corrected chi connectivity index (χ3v) is 3.02. The Kier molecular flexibility index (Phi) is 7.77. The molecule has 0 aliphatic rings. The Hall–Kier alpha value is -0.370. The van der Waals surface area contributed by atoms with Gasteiger partial charge in [0.05, 0.1) is 0 Å². The molecule has 0 bridgehead atoms. The van der Waals surface area contributed by atoms with Crippen molar-refractivity contribution < 1.29 is 4.79 Å². The van der Waals surface area contributed by atoms with Crippen molar-refractivity contribution in [3.63, 3.8) is 0 Å². The van der Waals surface area contributed by atoms with Gasteiger partial charge < -0.3 is 5.73 Å². The lowest BCUT2D eigenvalue weighted by Gasteiger charge is -2.16. The lowest BCUT2D eigenvalue weighted by molar-refractivity contribution is -0.123. The van der Waals surface area contributed by atoms with Gasteiger partial charge in [0.1, 0.15) is 5.78 Å². The molecule has 0 fully saturated rings. The number of Topliss-reactive ketones (excluding diaryl/α,β-unsaturated/α-hetero) is 1. The molecule has 0 spiro atoms. The molecule has 14 heavy (non-hydrogen) atoms. The van der Waals surface area contributed by atoms with E-state index in [9.17, 15) is 4.79 Å². The summed E-state index contributed by atoms with van der Waals surface area (Å²) in [4.78, 5) is 11.8. The van der Waals surface area contributed by atoms with E-state index in [1.165, 1.54) is 0 Å². The summed E-state index contributed by atoms with van der Waals surface area (Å²) in [5, 5.41) is 0. The zero-order valence-electron chi connectivity index (χ0n) is 9.88. The van der Waals surface area contributed by atoms with Crippen molar-refractivity contribution in [2.45, 2.75) is 52.9 Å². The largest absolute Gasteiger partial charge is 0.330 e. The van der Waals surface area contributed by atoms with E-state index in [4.69, 9.17) is 5.73 Å². The van der Waals surface area contributed by atoms with Crippen molar-refractivity contribution in [3.8, 4) is 0 Å². The predicted molar refractivity (Wildman–Crippen MR) is 61.1 cm³/mol. The maximum atomic E-state index is 11.8. The monoisotopic (exact) mass is 199 g/mol. The summed E-state index contributed by atoms with van der Waals surface area (Å²) < 4.78 is 0. The molecule has 0 aromatic heterocycles. The molecule has 0 aliphatic carbocycles. The van der Waals surface area contributed by atoms with Gasteiger partial charge in [0.25, 0.3) is 0 Å². The van der Waals surface area contributed by atoms with Gasteiger partial charge in [-0.1, -0.05) is 40.0 Å². The van der Waals surface area contributed by atoms with Crippen molar-refractivity contribution in [3.05, 3.63) is 0 Å². The third-order valence-electron chi connectivity index (χ3n) is 3.02. The summed E-state index contributed by atoms with van der Waals surface area (Å²) in [6.45, 7) is 6.93. The van der Waals surface area contributed by atoms with Crippen LogP contribution in [0.5, 0.6) is 0 Å². The molecule has 0 aromatic carbocycles. The van der Waals surface area contributed by atoms with Gasteiger partial charge in [-0.2, -0.15) is 0 Å². The number of rotatable bonds is 8. The average Bonchev–Trinajstić information content (AvgIpc) is 2.22. The lowest BCUT2D eigenvalue weighted by atomic mass is 9.89. The van der Waals surface area contributed by atoms with Gasteiger partial charge in [-0.25, -0.2) is 0 Å². The molecule has 2 nitrogen and oxygen atoms in total. The van der Waals surface area contributed by atoms with Gasteiger partial charge in [0.2, 0.25) is 0 Å². The van der Waals surface area contributed by atoms with Crippen LogP contribution in [-0.4, -0.2) is 12.3 Å². The standard InChI is InChI=1S/C12H25NO/c1-4-7-11(9-13)12(14)8-10(5-2)6-3/h10-11H,4-9,13H2,1-3H3. The van der Waals surface area contributed by atoms with Gasteiger partial charge in [0.15, 0.2) is 0 Å². The van der Waals surface area contributed by atoms with Gasteiger partial charge in [-0.3, -0.25) is 4.79 Å². The van der Waals surface area contributed by atoms with Crippen LogP contribution in [0.3, 0.4) is 0 Å². The average molecular weight is 199 g/mol. The van der Waals surface area contributed by atoms with E-state index in [2.05, 4.69) is 20.8 Å². The first-order valence-electron chi connectivity index (χ1n) is 5.92. The van der Waals surface area contributed by atoms with Crippen molar-refractivity contribution in [2.75, 3.05) is 6.54 Å². The highest BCUT2D eigenvalue weighted by molar-refractivity contribution is 5.81. The van der Waals surface area contributed by atoms with E-state index < -0.39 is 0 Å². The minimum absolute atomic E-state index is 0.112. The maximum absolute atomic E-state index is 11.8. The molecule has 0 rings (SSSR count). The Morgan fingerprint density at radius 1 is 1.21 bits per heavy atom. The topological polar surface area (TPSA) is 43.1 Å². The highest BCUT2D eigenvalue weighted by atomic mass is 16.1. The van der Waals surface area contributed by atoms with Crippen molar-refractivity contribution in [1.82, 2.24) is 0 Å². The fourth-order valence-electron chi connectivity index (χ4n) is 1.79. The summed E-state index contributed by atoms with van der Waals surface area (Å²) in [6, 6.07) is 0. The highest BCUT2D eigenvalue weighted by Crippen LogP contribution is 2.17. The summed E-state index contributed by atoms with van der Waals surface area (Å²) in [6.07, 6.45) is 4.94. The van der Waals surface area contributed by atoms with Gasteiger partial charge >= 0.3 is 0 Å². The van der Waals surface area contributed by atoms with Crippen molar-refractivity contribution in [1.29, 1.82) is 0 Å². The summed E-state index contributed by atoms with van der Waals surface area (Å²) in [5.74, 6) is 1.05. The first kappa shape index (κ1) is 13.6. The van der Waals surface area contributed by atoms with Gasteiger partial charge in [-0.05, 0) is 12.3 Å². The lowest BCUT2D eigenvalue weighted by Crippen LogP contribution is -2.25. The zero-order chi connectivity index (χ0) is 11.0. The molecular weight excluding hydrogens is 174 g/mol. The number of carbonyl (C=O) groups is 1. The molecule has 0 saturated heterocycles.